The van der Waals surface area contributed by atoms with Gasteiger partial charge in [0, 0.05) is 11.4 Å². The van der Waals surface area contributed by atoms with Crippen molar-refractivity contribution in [1.29, 1.82) is 0 Å². The molecule has 0 aliphatic carbocycles. The minimum Gasteiger partial charge on any atom is -0.206 e. The van der Waals surface area contributed by atoms with Gasteiger partial charge in [0.15, 0.2) is 0 Å². The predicted octanol–water partition coefficient (Wildman–Crippen LogP) is 4.12. The third-order valence-corrected chi connectivity index (χ3v) is 2.35. The number of halogens is 3. The maximum absolute atomic E-state index is 13.2. The first kappa shape index (κ1) is 10.6. The minimum atomic E-state index is -0.322. The van der Waals surface area contributed by atoms with Gasteiger partial charge in [0.25, 0.3) is 0 Å². The van der Waals surface area contributed by atoms with E-state index in [9.17, 15) is 4.39 Å². The Morgan fingerprint density at radius 1 is 1.54 bits per heavy atom. The van der Waals surface area contributed by atoms with E-state index in [4.69, 9.17) is 23.2 Å². The summed E-state index contributed by atoms with van der Waals surface area (Å²) in [5, 5.41) is 0.407. The van der Waals surface area contributed by atoms with Crippen LogP contribution in [0.15, 0.2) is 23.8 Å². The fourth-order valence-corrected chi connectivity index (χ4v) is 1.23. The first-order chi connectivity index (χ1) is 6.15. The zero-order valence-corrected chi connectivity index (χ0v) is 8.66. The Hall–Kier alpha value is -0.530. The van der Waals surface area contributed by atoms with Gasteiger partial charge in [-0.15, -0.1) is 11.6 Å². The first-order valence-corrected chi connectivity index (χ1v) is 4.73. The van der Waals surface area contributed by atoms with Gasteiger partial charge in [-0.1, -0.05) is 29.3 Å². The summed E-state index contributed by atoms with van der Waals surface area (Å²) in [5.41, 5.74) is 1.29. The van der Waals surface area contributed by atoms with E-state index in [2.05, 4.69) is 0 Å². The van der Waals surface area contributed by atoms with Crippen molar-refractivity contribution in [3.63, 3.8) is 0 Å². The number of rotatable bonds is 2. The van der Waals surface area contributed by atoms with Crippen LogP contribution in [0.3, 0.4) is 0 Å². The average Bonchev–Trinajstić information content (AvgIpc) is 2.11. The molecule has 0 saturated carbocycles. The molecule has 70 valence electrons. The van der Waals surface area contributed by atoms with E-state index in [-0.39, 0.29) is 5.82 Å². The van der Waals surface area contributed by atoms with E-state index in [1.165, 1.54) is 6.07 Å². The van der Waals surface area contributed by atoms with Gasteiger partial charge in [-0.2, -0.15) is 0 Å². The van der Waals surface area contributed by atoms with Crippen molar-refractivity contribution < 1.29 is 4.39 Å². The summed E-state index contributed by atoms with van der Waals surface area (Å²) in [6.45, 7) is 1.83. The standard InChI is InChI=1S/C10H9Cl2F/c1-7(6-11)5-8-9(12)3-2-4-10(8)13/h2-5H,6H2,1H3. The molecule has 0 fully saturated rings. The van der Waals surface area contributed by atoms with Gasteiger partial charge >= 0.3 is 0 Å². The zero-order chi connectivity index (χ0) is 9.84. The highest BCUT2D eigenvalue weighted by Crippen LogP contribution is 2.21. The SMILES string of the molecule is CC(=Cc1c(F)cccc1Cl)CCl. The molecule has 0 radical (unpaired) electrons. The summed E-state index contributed by atoms with van der Waals surface area (Å²) in [6, 6.07) is 4.60. The van der Waals surface area contributed by atoms with Crippen LogP contribution in [-0.2, 0) is 0 Å². The van der Waals surface area contributed by atoms with Crippen molar-refractivity contribution in [3.8, 4) is 0 Å². The molecule has 0 spiro atoms. The second-order valence-corrected chi connectivity index (χ2v) is 3.43. The second-order valence-electron chi connectivity index (χ2n) is 2.76. The van der Waals surface area contributed by atoms with Crippen LogP contribution < -0.4 is 0 Å². The summed E-state index contributed by atoms with van der Waals surface area (Å²) in [4.78, 5) is 0. The summed E-state index contributed by atoms with van der Waals surface area (Å²) in [5.74, 6) is 0.0574. The third kappa shape index (κ3) is 2.71. The van der Waals surface area contributed by atoms with Gasteiger partial charge < -0.3 is 0 Å². The maximum atomic E-state index is 13.2. The highest BCUT2D eigenvalue weighted by atomic mass is 35.5. The molecule has 13 heavy (non-hydrogen) atoms. The molecule has 0 amide bonds. The Kier molecular flexibility index (Phi) is 3.76. The van der Waals surface area contributed by atoms with Crippen LogP contribution in [0, 0.1) is 5.82 Å². The minimum absolute atomic E-state index is 0.322. The van der Waals surface area contributed by atoms with Crippen molar-refractivity contribution >= 4 is 29.3 Å². The molecule has 0 saturated heterocycles. The lowest BCUT2D eigenvalue weighted by atomic mass is 10.1. The molecule has 0 heterocycles. The fourth-order valence-electron chi connectivity index (χ4n) is 0.934. The smallest absolute Gasteiger partial charge is 0.131 e. The highest BCUT2D eigenvalue weighted by molar-refractivity contribution is 6.32. The average molecular weight is 219 g/mol. The lowest BCUT2D eigenvalue weighted by Crippen LogP contribution is -1.85. The van der Waals surface area contributed by atoms with E-state index in [0.717, 1.165) is 5.57 Å². The molecule has 1 aromatic carbocycles. The van der Waals surface area contributed by atoms with Gasteiger partial charge in [0.1, 0.15) is 5.82 Å². The lowest BCUT2D eigenvalue weighted by Gasteiger charge is -2.01. The van der Waals surface area contributed by atoms with E-state index >= 15 is 0 Å². The van der Waals surface area contributed by atoms with Gasteiger partial charge in [0.2, 0.25) is 0 Å². The number of hydrogen-bond donors (Lipinski definition) is 0. The predicted molar refractivity (Wildman–Crippen MR) is 55.8 cm³/mol. The number of allylic oxidation sites excluding steroid dienone is 1. The molecule has 0 unspecified atom stereocenters. The summed E-state index contributed by atoms with van der Waals surface area (Å²) in [7, 11) is 0. The molecule has 0 bridgehead atoms. The highest BCUT2D eigenvalue weighted by Gasteiger charge is 2.03. The van der Waals surface area contributed by atoms with Crippen molar-refractivity contribution in [3.05, 3.63) is 40.2 Å². The van der Waals surface area contributed by atoms with Crippen LogP contribution in [0.5, 0.6) is 0 Å². The van der Waals surface area contributed by atoms with Crippen LogP contribution in [0.2, 0.25) is 5.02 Å². The molecule has 1 rings (SSSR count). The largest absolute Gasteiger partial charge is 0.206 e. The number of benzene rings is 1. The first-order valence-electron chi connectivity index (χ1n) is 3.82. The molecule has 0 N–H and O–H groups in total. The summed E-state index contributed by atoms with van der Waals surface area (Å²) in [6.07, 6.45) is 1.66. The Morgan fingerprint density at radius 3 is 2.77 bits per heavy atom. The van der Waals surface area contributed by atoms with E-state index in [1.807, 2.05) is 6.92 Å². The maximum Gasteiger partial charge on any atom is 0.131 e. The number of alkyl halides is 1. The Balaban J connectivity index is 3.14. The molecule has 0 aromatic heterocycles. The van der Waals surface area contributed by atoms with E-state index in [0.29, 0.717) is 16.5 Å². The van der Waals surface area contributed by atoms with E-state index < -0.39 is 0 Å². The van der Waals surface area contributed by atoms with Crippen molar-refractivity contribution in [2.24, 2.45) is 0 Å². The van der Waals surface area contributed by atoms with E-state index in [1.54, 1.807) is 18.2 Å². The molecule has 0 aliphatic rings. The van der Waals surface area contributed by atoms with Crippen molar-refractivity contribution in [1.82, 2.24) is 0 Å². The molecule has 3 heteroatoms. The van der Waals surface area contributed by atoms with Crippen LogP contribution >= 0.6 is 23.2 Å². The normalized spacial score (nSPS) is 11.8. The second kappa shape index (κ2) is 4.64. The summed E-state index contributed by atoms with van der Waals surface area (Å²) >= 11 is 11.4. The molecular weight excluding hydrogens is 210 g/mol. The lowest BCUT2D eigenvalue weighted by molar-refractivity contribution is 0.625. The fraction of sp³-hybridized carbons (Fsp3) is 0.200. The molecule has 1 aromatic rings. The van der Waals surface area contributed by atoms with Gasteiger partial charge in [-0.05, 0) is 19.1 Å². The topological polar surface area (TPSA) is 0 Å². The van der Waals surface area contributed by atoms with Crippen LogP contribution in [0.1, 0.15) is 12.5 Å². The summed E-state index contributed by atoms with van der Waals surface area (Å²) < 4.78 is 13.2. The van der Waals surface area contributed by atoms with Gasteiger partial charge in [0.05, 0.1) is 5.02 Å². The third-order valence-electron chi connectivity index (χ3n) is 1.60. The number of hydrogen-bond acceptors (Lipinski definition) is 0. The van der Waals surface area contributed by atoms with Crippen LogP contribution in [0.25, 0.3) is 6.08 Å². The van der Waals surface area contributed by atoms with Crippen LogP contribution in [-0.4, -0.2) is 5.88 Å². The molecule has 0 aliphatic heterocycles. The van der Waals surface area contributed by atoms with Gasteiger partial charge in [-0.25, -0.2) is 4.39 Å². The van der Waals surface area contributed by atoms with Gasteiger partial charge in [-0.3, -0.25) is 0 Å². The zero-order valence-electron chi connectivity index (χ0n) is 7.15. The van der Waals surface area contributed by atoms with Crippen molar-refractivity contribution in [2.75, 3.05) is 5.88 Å². The monoisotopic (exact) mass is 218 g/mol. The Morgan fingerprint density at radius 2 is 2.23 bits per heavy atom. The Bertz CT molecular complexity index is 311. The molecule has 0 nitrogen and oxygen atoms in total. The molecule has 0 atom stereocenters. The molecular formula is C10H9Cl2F. The quantitative estimate of drug-likeness (QED) is 0.656. The van der Waals surface area contributed by atoms with Crippen LogP contribution in [0.4, 0.5) is 4.39 Å². The van der Waals surface area contributed by atoms with Crippen molar-refractivity contribution in [2.45, 2.75) is 6.92 Å². The Labute approximate surface area is 87.0 Å².